The molecule has 3 aromatic rings. The lowest BCUT2D eigenvalue weighted by atomic mass is 10.0. The molecule has 0 saturated heterocycles. The fraction of sp³-hybridized carbons (Fsp3) is 0.286. The molecular formula is C21H23N3O2S. The summed E-state index contributed by atoms with van der Waals surface area (Å²) in [6.45, 7) is 8.52. The first kappa shape index (κ1) is 19.0. The van der Waals surface area contributed by atoms with Gasteiger partial charge in [0.2, 0.25) is 0 Å². The molecule has 0 spiro atoms. The van der Waals surface area contributed by atoms with Crippen LogP contribution in [0.4, 0.5) is 11.4 Å². The van der Waals surface area contributed by atoms with Gasteiger partial charge >= 0.3 is 0 Å². The molecule has 27 heavy (non-hydrogen) atoms. The number of thiazole rings is 1. The van der Waals surface area contributed by atoms with Gasteiger partial charge in [0.25, 0.3) is 5.69 Å². The van der Waals surface area contributed by atoms with Crippen LogP contribution >= 0.6 is 11.3 Å². The second-order valence-electron chi connectivity index (χ2n) is 7.00. The maximum atomic E-state index is 11.1. The van der Waals surface area contributed by atoms with Crippen LogP contribution in [0.15, 0.2) is 58.9 Å². The van der Waals surface area contributed by atoms with Crippen molar-refractivity contribution in [1.82, 2.24) is 4.57 Å². The van der Waals surface area contributed by atoms with E-state index in [1.165, 1.54) is 11.6 Å². The van der Waals surface area contributed by atoms with Crippen molar-refractivity contribution < 1.29 is 4.92 Å². The summed E-state index contributed by atoms with van der Waals surface area (Å²) in [6.07, 6.45) is 0. The Hall–Kier alpha value is -2.73. The van der Waals surface area contributed by atoms with E-state index in [0.717, 1.165) is 21.7 Å². The third-order valence-corrected chi connectivity index (χ3v) is 5.23. The third kappa shape index (κ3) is 4.01. The lowest BCUT2D eigenvalue weighted by Gasteiger charge is -2.13. The van der Waals surface area contributed by atoms with Crippen molar-refractivity contribution in [2.24, 2.45) is 4.99 Å². The molecule has 1 aromatic heterocycles. The molecule has 0 saturated carbocycles. The Morgan fingerprint density at radius 1 is 1.07 bits per heavy atom. The van der Waals surface area contributed by atoms with Crippen LogP contribution in [0.25, 0.3) is 11.3 Å². The van der Waals surface area contributed by atoms with Gasteiger partial charge in [0.15, 0.2) is 4.80 Å². The summed E-state index contributed by atoms with van der Waals surface area (Å²) in [5.74, 6) is 0.383. The van der Waals surface area contributed by atoms with Gasteiger partial charge in [-0.3, -0.25) is 10.1 Å². The zero-order valence-corrected chi connectivity index (χ0v) is 16.7. The number of rotatable bonds is 5. The van der Waals surface area contributed by atoms with E-state index < -0.39 is 0 Å². The maximum Gasteiger partial charge on any atom is 0.270 e. The lowest BCUT2D eigenvalue weighted by molar-refractivity contribution is -0.384. The number of benzene rings is 2. The number of aromatic nitrogens is 1. The molecular weight excluding hydrogens is 358 g/mol. The van der Waals surface area contributed by atoms with Crippen LogP contribution in [0.3, 0.4) is 0 Å². The van der Waals surface area contributed by atoms with Crippen molar-refractivity contribution in [2.45, 2.75) is 39.7 Å². The summed E-state index contributed by atoms with van der Waals surface area (Å²) in [7, 11) is 0. The van der Waals surface area contributed by atoms with Gasteiger partial charge in [0, 0.05) is 29.1 Å². The fourth-order valence-corrected chi connectivity index (χ4v) is 4.11. The predicted molar refractivity (Wildman–Crippen MR) is 111 cm³/mol. The molecule has 0 aliphatic heterocycles. The Morgan fingerprint density at radius 3 is 2.48 bits per heavy atom. The zero-order chi connectivity index (χ0) is 19.6. The van der Waals surface area contributed by atoms with Gasteiger partial charge in [-0.15, -0.1) is 11.3 Å². The number of para-hydroxylation sites is 1. The van der Waals surface area contributed by atoms with Crippen molar-refractivity contribution in [2.75, 3.05) is 0 Å². The average Bonchev–Trinajstić information content (AvgIpc) is 3.06. The molecule has 2 aromatic carbocycles. The molecule has 5 nitrogen and oxygen atoms in total. The van der Waals surface area contributed by atoms with E-state index in [-0.39, 0.29) is 16.7 Å². The topological polar surface area (TPSA) is 60.4 Å². The first-order valence-corrected chi connectivity index (χ1v) is 9.85. The quantitative estimate of drug-likeness (QED) is 0.398. The summed E-state index contributed by atoms with van der Waals surface area (Å²) >= 11 is 1.56. The molecule has 0 radical (unpaired) electrons. The van der Waals surface area contributed by atoms with Crippen molar-refractivity contribution >= 4 is 22.7 Å². The lowest BCUT2D eigenvalue weighted by Crippen LogP contribution is -2.18. The largest absolute Gasteiger partial charge is 0.314 e. The second-order valence-corrected chi connectivity index (χ2v) is 7.84. The van der Waals surface area contributed by atoms with Crippen LogP contribution in [0, 0.1) is 10.1 Å². The highest BCUT2D eigenvalue weighted by Gasteiger charge is 2.14. The summed E-state index contributed by atoms with van der Waals surface area (Å²) in [6, 6.07) is 15.1. The molecule has 0 N–H and O–H groups in total. The van der Waals surface area contributed by atoms with E-state index in [4.69, 9.17) is 4.99 Å². The SMILES string of the molecule is CC(C)c1ccccc1N=c1scc(-c2cccc([N+](=O)[O-])c2)n1C(C)C. The summed E-state index contributed by atoms with van der Waals surface area (Å²) in [5.41, 5.74) is 4.04. The Bertz CT molecular complexity index is 1030. The van der Waals surface area contributed by atoms with Gasteiger partial charge in [-0.1, -0.05) is 44.2 Å². The normalized spacial score (nSPS) is 12.1. The summed E-state index contributed by atoms with van der Waals surface area (Å²) in [5, 5.41) is 13.2. The molecule has 0 amide bonds. The van der Waals surface area contributed by atoms with E-state index in [9.17, 15) is 10.1 Å². The van der Waals surface area contributed by atoms with E-state index in [2.05, 4.69) is 38.3 Å². The third-order valence-electron chi connectivity index (χ3n) is 4.39. The Balaban J connectivity index is 2.18. The summed E-state index contributed by atoms with van der Waals surface area (Å²) in [4.78, 5) is 16.6. The number of non-ortho nitro benzene ring substituents is 1. The number of hydrogen-bond acceptors (Lipinski definition) is 4. The molecule has 0 unspecified atom stereocenters. The number of hydrogen-bond donors (Lipinski definition) is 0. The van der Waals surface area contributed by atoms with Gasteiger partial charge in [-0.2, -0.15) is 0 Å². The molecule has 3 rings (SSSR count). The van der Waals surface area contributed by atoms with E-state index in [1.807, 2.05) is 29.6 Å². The van der Waals surface area contributed by atoms with Crippen LogP contribution < -0.4 is 4.80 Å². The minimum absolute atomic E-state index is 0.0950. The molecule has 0 aliphatic carbocycles. The van der Waals surface area contributed by atoms with Crippen LogP contribution in [-0.2, 0) is 0 Å². The fourth-order valence-electron chi connectivity index (χ4n) is 3.07. The molecule has 0 fully saturated rings. The smallest absolute Gasteiger partial charge is 0.270 e. The van der Waals surface area contributed by atoms with Crippen LogP contribution in [0.1, 0.15) is 45.2 Å². The van der Waals surface area contributed by atoms with E-state index in [1.54, 1.807) is 23.5 Å². The molecule has 140 valence electrons. The van der Waals surface area contributed by atoms with Crippen molar-refractivity contribution in [3.05, 3.63) is 74.4 Å². The Kier molecular flexibility index (Phi) is 5.56. The van der Waals surface area contributed by atoms with Crippen LogP contribution in [-0.4, -0.2) is 9.49 Å². The predicted octanol–water partition coefficient (Wildman–Crippen LogP) is 6.06. The Morgan fingerprint density at radius 2 is 1.81 bits per heavy atom. The minimum Gasteiger partial charge on any atom is -0.314 e. The number of nitro benzene ring substituents is 1. The second kappa shape index (κ2) is 7.88. The van der Waals surface area contributed by atoms with Crippen molar-refractivity contribution in [3.8, 4) is 11.3 Å². The van der Waals surface area contributed by atoms with E-state index in [0.29, 0.717) is 5.92 Å². The molecule has 6 heteroatoms. The van der Waals surface area contributed by atoms with Crippen molar-refractivity contribution in [1.29, 1.82) is 0 Å². The van der Waals surface area contributed by atoms with Gasteiger partial charge < -0.3 is 4.57 Å². The standard InChI is InChI=1S/C21H23N3O2S/c1-14(2)18-10-5-6-11-19(18)22-21-23(15(3)4)20(13-27-21)16-8-7-9-17(12-16)24(25)26/h5-15H,1-4H3. The van der Waals surface area contributed by atoms with Crippen LogP contribution in [0.5, 0.6) is 0 Å². The average molecular weight is 382 g/mol. The van der Waals surface area contributed by atoms with Gasteiger partial charge in [0.05, 0.1) is 16.3 Å². The van der Waals surface area contributed by atoms with Crippen molar-refractivity contribution in [3.63, 3.8) is 0 Å². The summed E-state index contributed by atoms with van der Waals surface area (Å²) < 4.78 is 2.14. The molecule has 1 heterocycles. The minimum atomic E-state index is -0.361. The van der Waals surface area contributed by atoms with Gasteiger partial charge in [-0.05, 0) is 31.4 Å². The highest BCUT2D eigenvalue weighted by atomic mass is 32.1. The Labute approximate surface area is 162 Å². The number of nitrogens with zero attached hydrogens (tertiary/aromatic N) is 3. The first-order valence-electron chi connectivity index (χ1n) is 8.97. The zero-order valence-electron chi connectivity index (χ0n) is 15.9. The van der Waals surface area contributed by atoms with Gasteiger partial charge in [0.1, 0.15) is 0 Å². The first-order chi connectivity index (χ1) is 12.9. The monoisotopic (exact) mass is 381 g/mol. The molecule has 0 aliphatic rings. The molecule has 0 bridgehead atoms. The maximum absolute atomic E-state index is 11.1. The highest BCUT2D eigenvalue weighted by Crippen LogP contribution is 2.29. The highest BCUT2D eigenvalue weighted by molar-refractivity contribution is 7.07. The van der Waals surface area contributed by atoms with Crippen LogP contribution in [0.2, 0.25) is 0 Å². The molecule has 0 atom stereocenters. The van der Waals surface area contributed by atoms with E-state index >= 15 is 0 Å². The number of nitro groups is 1. The van der Waals surface area contributed by atoms with Gasteiger partial charge in [-0.25, -0.2) is 4.99 Å².